The molecule has 3 fully saturated rings. The lowest BCUT2D eigenvalue weighted by molar-refractivity contribution is -0.0771. The second kappa shape index (κ2) is 6.32. The van der Waals surface area contributed by atoms with E-state index in [0.29, 0.717) is 24.2 Å². The lowest BCUT2D eigenvalue weighted by Crippen LogP contribution is -2.42. The van der Waals surface area contributed by atoms with Crippen molar-refractivity contribution in [2.75, 3.05) is 26.3 Å². The molecule has 11 heteroatoms. The highest BCUT2D eigenvalue weighted by Crippen LogP contribution is 2.37. The number of hydrogen-bond acceptors (Lipinski definition) is 9. The van der Waals surface area contributed by atoms with Crippen LogP contribution in [-0.4, -0.2) is 65.5 Å². The average Bonchev–Trinajstić information content (AvgIpc) is 3.03. The molecule has 2 N–H and O–H groups in total. The maximum atomic E-state index is 10.9. The molecule has 3 aliphatic rings. The van der Waals surface area contributed by atoms with Crippen LogP contribution in [0.15, 0.2) is 4.42 Å². The van der Waals surface area contributed by atoms with Crippen LogP contribution in [0, 0.1) is 5.92 Å². The van der Waals surface area contributed by atoms with Gasteiger partial charge in [0, 0.05) is 13.0 Å². The zero-order chi connectivity index (χ0) is 16.7. The molecule has 1 unspecified atom stereocenters. The van der Waals surface area contributed by atoms with Crippen LogP contribution < -0.4 is 5.32 Å². The Kier molecular flexibility index (Phi) is 4.31. The van der Waals surface area contributed by atoms with Gasteiger partial charge in [-0.25, -0.2) is 0 Å². The van der Waals surface area contributed by atoms with Crippen molar-refractivity contribution in [3.63, 3.8) is 0 Å². The van der Waals surface area contributed by atoms with Gasteiger partial charge in [-0.3, -0.25) is 9.45 Å². The Labute approximate surface area is 140 Å². The summed E-state index contributed by atoms with van der Waals surface area (Å²) in [6.07, 6.45) is 3.35. The van der Waals surface area contributed by atoms with E-state index >= 15 is 0 Å². The third-order valence-electron chi connectivity index (χ3n) is 4.98. The molecule has 0 spiro atoms. The summed E-state index contributed by atoms with van der Waals surface area (Å²) in [4.78, 5) is 2.03. The van der Waals surface area contributed by atoms with Gasteiger partial charge in [-0.15, -0.1) is 10.2 Å². The molecule has 4 heterocycles. The lowest BCUT2D eigenvalue weighted by Gasteiger charge is -2.28. The maximum Gasteiger partial charge on any atom is 0.413 e. The summed E-state index contributed by atoms with van der Waals surface area (Å²) < 4.78 is 41.1. The summed E-state index contributed by atoms with van der Waals surface area (Å²) in [5.74, 6) is 1.92. The average molecular weight is 359 g/mol. The Morgan fingerprint density at radius 2 is 2.17 bits per heavy atom. The van der Waals surface area contributed by atoms with Crippen LogP contribution in [0.1, 0.15) is 37.1 Å². The van der Waals surface area contributed by atoms with E-state index in [-0.39, 0.29) is 18.8 Å². The Bertz CT molecular complexity index is 691. The quantitative estimate of drug-likeness (QED) is 0.657. The van der Waals surface area contributed by atoms with Crippen molar-refractivity contribution < 1.29 is 21.7 Å². The molecule has 0 aliphatic carbocycles. The van der Waals surface area contributed by atoms with Gasteiger partial charge in [-0.1, -0.05) is 0 Å². The highest BCUT2D eigenvalue weighted by atomic mass is 32.3. The first kappa shape index (κ1) is 16.4. The minimum absolute atomic E-state index is 0.0390. The molecule has 3 saturated heterocycles. The summed E-state index contributed by atoms with van der Waals surface area (Å²) in [7, 11) is -4.49. The molecule has 1 aromatic rings. The molecule has 0 aromatic carbocycles. The van der Waals surface area contributed by atoms with E-state index in [0.717, 1.165) is 38.8 Å². The van der Waals surface area contributed by atoms with Gasteiger partial charge in [0.1, 0.15) is 0 Å². The maximum absolute atomic E-state index is 10.9. The predicted molar refractivity (Wildman–Crippen MR) is 80.8 cm³/mol. The van der Waals surface area contributed by atoms with E-state index in [9.17, 15) is 8.42 Å². The fourth-order valence-corrected chi connectivity index (χ4v) is 3.99. The molecule has 24 heavy (non-hydrogen) atoms. The van der Waals surface area contributed by atoms with Crippen LogP contribution >= 0.6 is 0 Å². The van der Waals surface area contributed by atoms with Crippen molar-refractivity contribution in [1.82, 2.24) is 25.5 Å². The van der Waals surface area contributed by atoms with Crippen molar-refractivity contribution in [3.8, 4) is 0 Å². The predicted octanol–water partition coefficient (Wildman–Crippen LogP) is -0.265. The van der Waals surface area contributed by atoms with Crippen LogP contribution in [0.3, 0.4) is 0 Å². The fourth-order valence-electron chi connectivity index (χ4n) is 3.58. The number of hydroxylamine groups is 2. The number of nitrogens with one attached hydrogen (secondary N) is 1. The van der Waals surface area contributed by atoms with Crippen LogP contribution in [0.25, 0.3) is 0 Å². The van der Waals surface area contributed by atoms with Crippen molar-refractivity contribution in [2.24, 2.45) is 5.92 Å². The van der Waals surface area contributed by atoms with E-state index < -0.39 is 10.4 Å². The number of hydrogen-bond donors (Lipinski definition) is 2. The fraction of sp³-hybridized carbons (Fsp3) is 0.846. The topological polar surface area (TPSA) is 121 Å². The molecule has 134 valence electrons. The van der Waals surface area contributed by atoms with Crippen LogP contribution in [0.4, 0.5) is 0 Å². The number of aryl methyl sites for hydroxylation is 1. The van der Waals surface area contributed by atoms with Gasteiger partial charge < -0.3 is 9.73 Å². The summed E-state index contributed by atoms with van der Waals surface area (Å²) in [6, 6.07) is -0.0976. The first-order valence-corrected chi connectivity index (χ1v) is 9.55. The van der Waals surface area contributed by atoms with Crippen molar-refractivity contribution in [3.05, 3.63) is 11.8 Å². The highest BCUT2D eigenvalue weighted by Gasteiger charge is 2.43. The van der Waals surface area contributed by atoms with Gasteiger partial charge in [-0.2, -0.15) is 17.8 Å². The standard InChI is InChI=1S/C13H21N5O5S/c19-24(20,21)23-18-8-17-7-10(18)2-3-11(17)13-16-15-12(22-13)4-1-9-5-14-6-9/h9-11,14H,1-8H2,(H,19,20,21)/t10-,11+/m1/s1. The Morgan fingerprint density at radius 1 is 1.33 bits per heavy atom. The zero-order valence-corrected chi connectivity index (χ0v) is 14.0. The van der Waals surface area contributed by atoms with Gasteiger partial charge in [0.05, 0.1) is 18.8 Å². The summed E-state index contributed by atoms with van der Waals surface area (Å²) in [6.45, 7) is 3.04. The minimum atomic E-state index is -4.49. The molecule has 0 radical (unpaired) electrons. The summed E-state index contributed by atoms with van der Waals surface area (Å²) in [5.41, 5.74) is 0. The van der Waals surface area contributed by atoms with Crippen LogP contribution in [0.5, 0.6) is 0 Å². The Hall–Kier alpha value is -1.11. The smallest absolute Gasteiger partial charge is 0.413 e. The number of nitrogens with zero attached hydrogens (tertiary/aromatic N) is 4. The first-order chi connectivity index (χ1) is 11.5. The molecular weight excluding hydrogens is 338 g/mol. The number of fused-ring (bicyclic) bond motifs is 2. The van der Waals surface area contributed by atoms with E-state index in [1.165, 1.54) is 5.06 Å². The zero-order valence-electron chi connectivity index (χ0n) is 13.2. The molecule has 10 nitrogen and oxygen atoms in total. The van der Waals surface area contributed by atoms with Gasteiger partial charge >= 0.3 is 10.4 Å². The van der Waals surface area contributed by atoms with Crippen molar-refractivity contribution in [2.45, 2.75) is 37.8 Å². The molecule has 0 saturated carbocycles. The monoisotopic (exact) mass is 359 g/mol. The molecule has 3 aliphatic heterocycles. The summed E-state index contributed by atoms with van der Waals surface area (Å²) in [5, 5.41) is 12.9. The largest absolute Gasteiger partial charge is 0.424 e. The third kappa shape index (κ3) is 3.46. The number of piperidine rings is 1. The SMILES string of the molecule is O=S(=O)(O)ON1CN2C[C@H]1CC[C@H]2c1nnc(CCC2CNC2)o1. The van der Waals surface area contributed by atoms with Gasteiger partial charge in [0.15, 0.2) is 0 Å². The molecular formula is C13H21N5O5S. The minimum Gasteiger partial charge on any atom is -0.424 e. The second-order valence-electron chi connectivity index (χ2n) is 6.68. The van der Waals surface area contributed by atoms with E-state index in [4.69, 9.17) is 8.97 Å². The molecule has 2 bridgehead atoms. The molecule has 1 aromatic heterocycles. The Morgan fingerprint density at radius 3 is 2.88 bits per heavy atom. The second-order valence-corrected chi connectivity index (χ2v) is 7.68. The number of aromatic nitrogens is 2. The van der Waals surface area contributed by atoms with Crippen LogP contribution in [-0.2, 0) is 21.1 Å². The molecule has 4 rings (SSSR count). The Balaban J connectivity index is 1.38. The van der Waals surface area contributed by atoms with E-state index in [1.807, 2.05) is 4.90 Å². The normalized spacial score (nSPS) is 31.3. The van der Waals surface area contributed by atoms with Crippen LogP contribution in [0.2, 0.25) is 0 Å². The molecule has 3 atom stereocenters. The van der Waals surface area contributed by atoms with Gasteiger partial charge in [-0.05, 0) is 38.3 Å². The lowest BCUT2D eigenvalue weighted by atomic mass is 9.98. The van der Waals surface area contributed by atoms with Gasteiger partial charge in [0.25, 0.3) is 0 Å². The van der Waals surface area contributed by atoms with E-state index in [1.54, 1.807) is 0 Å². The van der Waals surface area contributed by atoms with E-state index in [2.05, 4.69) is 19.8 Å². The van der Waals surface area contributed by atoms with Crippen molar-refractivity contribution in [1.29, 1.82) is 0 Å². The third-order valence-corrected chi connectivity index (χ3v) is 5.36. The number of rotatable bonds is 6. The van der Waals surface area contributed by atoms with Gasteiger partial charge in [0.2, 0.25) is 11.8 Å². The molecule has 0 amide bonds. The first-order valence-electron chi connectivity index (χ1n) is 8.18. The van der Waals surface area contributed by atoms with Crippen molar-refractivity contribution >= 4 is 10.4 Å². The summed E-state index contributed by atoms with van der Waals surface area (Å²) >= 11 is 0. The highest BCUT2D eigenvalue weighted by molar-refractivity contribution is 7.80.